The Morgan fingerprint density at radius 2 is 2.27 bits per heavy atom. The van der Waals surface area contributed by atoms with Gasteiger partial charge in [0.25, 0.3) is 5.91 Å². The molecule has 0 aromatic carbocycles. The van der Waals surface area contributed by atoms with Crippen molar-refractivity contribution in [2.45, 2.75) is 18.8 Å². The number of carbonyl (C=O) groups excluding carboxylic acids is 1. The van der Waals surface area contributed by atoms with E-state index < -0.39 is 5.91 Å². The minimum absolute atomic E-state index is 0.148. The predicted octanol–water partition coefficient (Wildman–Crippen LogP) is 0.469. The zero-order valence-corrected chi connectivity index (χ0v) is 8.35. The maximum Gasteiger partial charge on any atom is 0.269 e. The van der Waals surface area contributed by atoms with Crippen molar-refractivity contribution >= 4 is 5.91 Å². The van der Waals surface area contributed by atoms with E-state index >= 15 is 0 Å². The first kappa shape index (κ1) is 10.0. The van der Waals surface area contributed by atoms with Gasteiger partial charge < -0.3 is 10.5 Å². The molecule has 80 valence electrons. The SMILES string of the molecule is NC(=O)c1nccnc1C1CCCOC1. The molecule has 1 saturated heterocycles. The van der Waals surface area contributed by atoms with Gasteiger partial charge in [-0.3, -0.25) is 9.78 Å². The molecular formula is C10H13N3O2. The number of rotatable bonds is 2. The standard InChI is InChI=1S/C10H13N3O2/c11-10(14)9-8(12-3-4-13-9)7-2-1-5-15-6-7/h3-4,7H,1-2,5-6H2,(H2,11,14). The summed E-state index contributed by atoms with van der Waals surface area (Å²) in [4.78, 5) is 19.3. The fourth-order valence-electron chi connectivity index (χ4n) is 1.79. The first-order chi connectivity index (χ1) is 7.29. The summed E-state index contributed by atoms with van der Waals surface area (Å²) in [6, 6.07) is 0. The van der Waals surface area contributed by atoms with Gasteiger partial charge >= 0.3 is 0 Å². The van der Waals surface area contributed by atoms with Crippen LogP contribution in [0.15, 0.2) is 12.4 Å². The molecule has 1 aromatic heterocycles. The van der Waals surface area contributed by atoms with Gasteiger partial charge in [-0.1, -0.05) is 0 Å². The molecule has 1 unspecified atom stereocenters. The van der Waals surface area contributed by atoms with Crippen molar-refractivity contribution in [3.63, 3.8) is 0 Å². The van der Waals surface area contributed by atoms with Gasteiger partial charge in [0.05, 0.1) is 12.3 Å². The molecule has 5 heteroatoms. The molecule has 2 rings (SSSR count). The Bertz CT molecular complexity index is 361. The third-order valence-corrected chi connectivity index (χ3v) is 2.51. The lowest BCUT2D eigenvalue weighted by molar-refractivity contribution is 0.0784. The molecule has 1 aromatic rings. The van der Waals surface area contributed by atoms with Crippen LogP contribution in [0.1, 0.15) is 34.9 Å². The molecule has 0 saturated carbocycles. The van der Waals surface area contributed by atoms with Crippen LogP contribution in [0, 0.1) is 0 Å². The average molecular weight is 207 g/mol. The normalized spacial score (nSPS) is 21.2. The molecule has 1 aliphatic rings. The minimum Gasteiger partial charge on any atom is -0.381 e. The Balaban J connectivity index is 2.29. The number of hydrogen-bond donors (Lipinski definition) is 1. The summed E-state index contributed by atoms with van der Waals surface area (Å²) in [6.45, 7) is 1.38. The van der Waals surface area contributed by atoms with E-state index in [2.05, 4.69) is 9.97 Å². The zero-order valence-electron chi connectivity index (χ0n) is 8.35. The second-order valence-corrected chi connectivity index (χ2v) is 3.57. The largest absolute Gasteiger partial charge is 0.381 e. The van der Waals surface area contributed by atoms with Crippen LogP contribution in [0.3, 0.4) is 0 Å². The Hall–Kier alpha value is -1.49. The predicted molar refractivity (Wildman–Crippen MR) is 53.3 cm³/mol. The monoisotopic (exact) mass is 207 g/mol. The Morgan fingerprint density at radius 1 is 1.47 bits per heavy atom. The number of nitrogens with two attached hydrogens (primary N) is 1. The number of nitrogens with zero attached hydrogens (tertiary/aromatic N) is 2. The van der Waals surface area contributed by atoms with Crippen molar-refractivity contribution in [2.24, 2.45) is 5.73 Å². The maximum absolute atomic E-state index is 11.1. The quantitative estimate of drug-likeness (QED) is 0.764. The Labute approximate surface area is 87.7 Å². The van der Waals surface area contributed by atoms with Crippen molar-refractivity contribution in [3.05, 3.63) is 23.8 Å². The maximum atomic E-state index is 11.1. The van der Waals surface area contributed by atoms with Crippen LogP contribution in [-0.4, -0.2) is 29.1 Å². The third-order valence-electron chi connectivity index (χ3n) is 2.51. The summed E-state index contributed by atoms with van der Waals surface area (Å²) in [5.74, 6) is -0.376. The van der Waals surface area contributed by atoms with E-state index in [0.29, 0.717) is 12.3 Å². The van der Waals surface area contributed by atoms with E-state index in [9.17, 15) is 4.79 Å². The number of hydrogen-bond acceptors (Lipinski definition) is 4. The van der Waals surface area contributed by atoms with Gasteiger partial charge in [-0.05, 0) is 12.8 Å². The molecule has 5 nitrogen and oxygen atoms in total. The van der Waals surface area contributed by atoms with Crippen molar-refractivity contribution < 1.29 is 9.53 Å². The molecule has 15 heavy (non-hydrogen) atoms. The number of primary amides is 1. The molecule has 2 heterocycles. The first-order valence-corrected chi connectivity index (χ1v) is 4.97. The van der Waals surface area contributed by atoms with Gasteiger partial charge in [0.2, 0.25) is 0 Å². The van der Waals surface area contributed by atoms with Gasteiger partial charge in [-0.15, -0.1) is 0 Å². The van der Waals surface area contributed by atoms with E-state index in [-0.39, 0.29) is 11.6 Å². The highest BCUT2D eigenvalue weighted by Gasteiger charge is 2.22. The summed E-state index contributed by atoms with van der Waals surface area (Å²) in [5, 5.41) is 0. The van der Waals surface area contributed by atoms with Crippen LogP contribution in [0.25, 0.3) is 0 Å². The zero-order chi connectivity index (χ0) is 10.7. The van der Waals surface area contributed by atoms with E-state index in [1.807, 2.05) is 0 Å². The van der Waals surface area contributed by atoms with E-state index in [4.69, 9.17) is 10.5 Å². The molecule has 1 atom stereocenters. The molecule has 1 aliphatic heterocycles. The van der Waals surface area contributed by atoms with E-state index in [0.717, 1.165) is 19.4 Å². The van der Waals surface area contributed by atoms with Gasteiger partial charge in [0.1, 0.15) is 5.69 Å². The topological polar surface area (TPSA) is 78.1 Å². The van der Waals surface area contributed by atoms with E-state index in [1.165, 1.54) is 6.20 Å². The number of carbonyl (C=O) groups is 1. The average Bonchev–Trinajstić information content (AvgIpc) is 2.30. The molecule has 0 spiro atoms. The minimum atomic E-state index is -0.524. The van der Waals surface area contributed by atoms with Crippen molar-refractivity contribution in [2.75, 3.05) is 13.2 Å². The molecule has 2 N–H and O–H groups in total. The highest BCUT2D eigenvalue weighted by atomic mass is 16.5. The lowest BCUT2D eigenvalue weighted by atomic mass is 9.96. The smallest absolute Gasteiger partial charge is 0.269 e. The van der Waals surface area contributed by atoms with Crippen LogP contribution in [0.4, 0.5) is 0 Å². The van der Waals surface area contributed by atoms with Crippen LogP contribution in [0.5, 0.6) is 0 Å². The number of ether oxygens (including phenoxy) is 1. The first-order valence-electron chi connectivity index (χ1n) is 4.97. The van der Waals surface area contributed by atoms with Crippen LogP contribution >= 0.6 is 0 Å². The molecule has 1 amide bonds. The summed E-state index contributed by atoms with van der Waals surface area (Å²) < 4.78 is 5.35. The number of aromatic nitrogens is 2. The fourth-order valence-corrected chi connectivity index (χ4v) is 1.79. The van der Waals surface area contributed by atoms with Gasteiger partial charge in [-0.2, -0.15) is 0 Å². The molecular weight excluding hydrogens is 194 g/mol. The van der Waals surface area contributed by atoms with Crippen LogP contribution in [0.2, 0.25) is 0 Å². The molecule has 0 radical (unpaired) electrons. The molecule has 0 bridgehead atoms. The highest BCUT2D eigenvalue weighted by Crippen LogP contribution is 2.25. The summed E-state index contributed by atoms with van der Waals surface area (Å²) in [5.41, 5.74) is 6.18. The summed E-state index contributed by atoms with van der Waals surface area (Å²) in [7, 11) is 0. The van der Waals surface area contributed by atoms with Crippen molar-refractivity contribution in [1.82, 2.24) is 9.97 Å². The van der Waals surface area contributed by atoms with Gasteiger partial charge in [0, 0.05) is 24.9 Å². The van der Waals surface area contributed by atoms with Crippen LogP contribution < -0.4 is 5.73 Å². The lowest BCUT2D eigenvalue weighted by Crippen LogP contribution is -2.23. The van der Waals surface area contributed by atoms with Gasteiger partial charge in [-0.25, -0.2) is 4.98 Å². The van der Waals surface area contributed by atoms with Crippen molar-refractivity contribution in [1.29, 1.82) is 0 Å². The second kappa shape index (κ2) is 4.35. The molecule has 0 aliphatic carbocycles. The van der Waals surface area contributed by atoms with Crippen LogP contribution in [-0.2, 0) is 4.74 Å². The number of amides is 1. The third kappa shape index (κ3) is 2.12. The van der Waals surface area contributed by atoms with Gasteiger partial charge in [0.15, 0.2) is 0 Å². The Morgan fingerprint density at radius 3 is 2.93 bits per heavy atom. The van der Waals surface area contributed by atoms with Crippen molar-refractivity contribution in [3.8, 4) is 0 Å². The second-order valence-electron chi connectivity index (χ2n) is 3.57. The van der Waals surface area contributed by atoms with E-state index in [1.54, 1.807) is 6.20 Å². The Kier molecular flexibility index (Phi) is 2.91. The lowest BCUT2D eigenvalue weighted by Gasteiger charge is -2.22. The molecule has 1 fully saturated rings. The summed E-state index contributed by atoms with van der Waals surface area (Å²) in [6.07, 6.45) is 5.02. The highest BCUT2D eigenvalue weighted by molar-refractivity contribution is 5.91. The fraction of sp³-hybridized carbons (Fsp3) is 0.500. The summed E-state index contributed by atoms with van der Waals surface area (Å²) >= 11 is 0.